The van der Waals surface area contributed by atoms with Gasteiger partial charge in [-0.3, -0.25) is 4.79 Å². The van der Waals surface area contributed by atoms with Crippen LogP contribution >= 0.6 is 0 Å². The van der Waals surface area contributed by atoms with Crippen molar-refractivity contribution in [3.05, 3.63) is 65.2 Å². The lowest BCUT2D eigenvalue weighted by molar-refractivity contribution is -0.120. The van der Waals surface area contributed by atoms with Gasteiger partial charge < -0.3 is 10.2 Å². The lowest BCUT2D eigenvalue weighted by atomic mass is 10.1. The summed E-state index contributed by atoms with van der Waals surface area (Å²) in [7, 11) is 0. The molecule has 0 aliphatic rings. The van der Waals surface area contributed by atoms with Gasteiger partial charge in [-0.25, -0.2) is 0 Å². The van der Waals surface area contributed by atoms with E-state index in [0.29, 0.717) is 0 Å². The molecule has 114 valence electrons. The predicted octanol–water partition coefficient (Wildman–Crippen LogP) is 3.55. The first-order chi connectivity index (χ1) is 10.7. The highest BCUT2D eigenvalue weighted by molar-refractivity contribution is 5.91. The largest absolute Gasteiger partial charge is 0.386 e. The Morgan fingerprint density at radius 2 is 1.82 bits per heavy atom. The van der Waals surface area contributed by atoms with Crippen LogP contribution in [-0.2, 0) is 16.1 Å². The van der Waals surface area contributed by atoms with Crippen molar-refractivity contribution >= 4 is 17.8 Å². The molecular formula is C18H20N2O2. The topological polar surface area (TPSA) is 50.7 Å². The Kier molecular flexibility index (Phi) is 5.72. The molecule has 0 aliphatic heterocycles. The number of benzene rings is 2. The van der Waals surface area contributed by atoms with Crippen LogP contribution in [0.25, 0.3) is 0 Å². The number of aryl methyl sites for hydroxylation is 2. The highest BCUT2D eigenvalue weighted by Gasteiger charge is 2.02. The summed E-state index contributed by atoms with van der Waals surface area (Å²) in [4.78, 5) is 16.7. The average Bonchev–Trinajstić information content (AvgIpc) is 2.54. The Balaban J connectivity index is 1.76. The van der Waals surface area contributed by atoms with Gasteiger partial charge in [-0.15, -0.1) is 0 Å². The van der Waals surface area contributed by atoms with Gasteiger partial charge in [-0.1, -0.05) is 54.0 Å². The smallest absolute Gasteiger partial charge is 0.265 e. The summed E-state index contributed by atoms with van der Waals surface area (Å²) in [5, 5.41) is 6.55. The molecule has 0 aromatic heterocycles. The van der Waals surface area contributed by atoms with Crippen molar-refractivity contribution in [3.8, 4) is 0 Å². The zero-order valence-electron chi connectivity index (χ0n) is 12.9. The van der Waals surface area contributed by atoms with E-state index < -0.39 is 0 Å². The number of carbonyl (C=O) groups excluding carboxylic acids is 1. The molecule has 0 heterocycles. The van der Waals surface area contributed by atoms with Gasteiger partial charge in [0.25, 0.3) is 5.91 Å². The van der Waals surface area contributed by atoms with Crippen LogP contribution in [0.2, 0.25) is 0 Å². The molecule has 0 saturated carbocycles. The molecule has 0 spiro atoms. The lowest BCUT2D eigenvalue weighted by Gasteiger charge is -2.04. The van der Waals surface area contributed by atoms with Gasteiger partial charge in [-0.05, 0) is 36.6 Å². The summed E-state index contributed by atoms with van der Waals surface area (Å²) in [5.41, 5.74) is 4.11. The van der Waals surface area contributed by atoms with Crippen LogP contribution in [0.3, 0.4) is 0 Å². The van der Waals surface area contributed by atoms with E-state index in [0.717, 1.165) is 23.2 Å². The van der Waals surface area contributed by atoms with E-state index in [4.69, 9.17) is 4.84 Å². The summed E-state index contributed by atoms with van der Waals surface area (Å²) in [6, 6.07) is 15.6. The molecule has 4 heteroatoms. The number of amides is 1. The highest BCUT2D eigenvalue weighted by Crippen LogP contribution is 2.08. The molecule has 0 fully saturated rings. The molecule has 0 saturated heterocycles. The van der Waals surface area contributed by atoms with Crippen LogP contribution in [0.15, 0.2) is 53.7 Å². The molecule has 2 aromatic rings. The third-order valence-corrected chi connectivity index (χ3v) is 3.20. The maximum absolute atomic E-state index is 11.7. The number of hydrogen-bond acceptors (Lipinski definition) is 3. The predicted molar refractivity (Wildman–Crippen MR) is 89.2 cm³/mol. The molecular weight excluding hydrogens is 276 g/mol. The van der Waals surface area contributed by atoms with Gasteiger partial charge in [0.05, 0.1) is 6.21 Å². The van der Waals surface area contributed by atoms with E-state index in [1.807, 2.05) is 55.5 Å². The van der Waals surface area contributed by atoms with Crippen molar-refractivity contribution in [3.63, 3.8) is 0 Å². The fourth-order valence-electron chi connectivity index (χ4n) is 1.87. The van der Waals surface area contributed by atoms with Crippen LogP contribution in [0, 0.1) is 6.92 Å². The van der Waals surface area contributed by atoms with Crippen molar-refractivity contribution in [1.29, 1.82) is 0 Å². The van der Waals surface area contributed by atoms with Crippen molar-refractivity contribution < 1.29 is 9.63 Å². The number of carbonyl (C=O) groups is 1. The van der Waals surface area contributed by atoms with Crippen molar-refractivity contribution in [2.45, 2.75) is 20.3 Å². The summed E-state index contributed by atoms with van der Waals surface area (Å²) >= 11 is 0. The van der Waals surface area contributed by atoms with Crippen LogP contribution in [-0.4, -0.2) is 18.7 Å². The first-order valence-corrected chi connectivity index (χ1v) is 7.28. The molecule has 0 unspecified atom stereocenters. The summed E-state index contributed by atoms with van der Waals surface area (Å²) in [5.74, 6) is -0.234. The number of anilines is 1. The van der Waals surface area contributed by atoms with Crippen LogP contribution in [0.4, 0.5) is 5.69 Å². The van der Waals surface area contributed by atoms with Crippen molar-refractivity contribution in [2.24, 2.45) is 5.16 Å². The molecule has 1 amide bonds. The molecule has 2 rings (SSSR count). The fourth-order valence-corrected chi connectivity index (χ4v) is 1.87. The monoisotopic (exact) mass is 296 g/mol. The minimum absolute atomic E-state index is 0.114. The van der Waals surface area contributed by atoms with Crippen molar-refractivity contribution in [1.82, 2.24) is 0 Å². The highest BCUT2D eigenvalue weighted by atomic mass is 16.6. The van der Waals surface area contributed by atoms with Gasteiger partial charge >= 0.3 is 0 Å². The van der Waals surface area contributed by atoms with Gasteiger partial charge in [0.1, 0.15) is 0 Å². The van der Waals surface area contributed by atoms with Gasteiger partial charge in [-0.2, -0.15) is 0 Å². The van der Waals surface area contributed by atoms with Crippen LogP contribution in [0.5, 0.6) is 0 Å². The first kappa shape index (κ1) is 15.8. The molecule has 4 nitrogen and oxygen atoms in total. The Bertz CT molecular complexity index is 631. The van der Waals surface area contributed by atoms with Gasteiger partial charge in [0.15, 0.2) is 6.61 Å². The molecule has 2 aromatic carbocycles. The minimum Gasteiger partial charge on any atom is -0.386 e. The van der Waals surface area contributed by atoms with E-state index in [9.17, 15) is 4.79 Å². The quantitative estimate of drug-likeness (QED) is 0.654. The summed E-state index contributed by atoms with van der Waals surface area (Å²) < 4.78 is 0. The maximum atomic E-state index is 11.7. The molecule has 0 atom stereocenters. The summed E-state index contributed by atoms with van der Waals surface area (Å²) in [6.07, 6.45) is 2.60. The molecule has 22 heavy (non-hydrogen) atoms. The average molecular weight is 296 g/mol. The van der Waals surface area contributed by atoms with E-state index in [1.54, 1.807) is 6.21 Å². The third-order valence-electron chi connectivity index (χ3n) is 3.20. The molecule has 0 radical (unpaired) electrons. The van der Waals surface area contributed by atoms with E-state index in [2.05, 4.69) is 17.4 Å². The molecule has 0 bridgehead atoms. The second kappa shape index (κ2) is 7.98. The number of oxime groups is 1. The zero-order valence-corrected chi connectivity index (χ0v) is 12.9. The zero-order chi connectivity index (χ0) is 15.8. The fraction of sp³-hybridized carbons (Fsp3) is 0.222. The number of nitrogens with one attached hydrogen (secondary N) is 1. The number of hydrogen-bond donors (Lipinski definition) is 1. The summed E-state index contributed by atoms with van der Waals surface area (Å²) in [6.45, 7) is 3.99. The number of rotatable bonds is 6. The van der Waals surface area contributed by atoms with Gasteiger partial charge in [0, 0.05) is 5.69 Å². The third kappa shape index (κ3) is 5.05. The van der Waals surface area contributed by atoms with E-state index >= 15 is 0 Å². The molecule has 0 aliphatic carbocycles. The Morgan fingerprint density at radius 3 is 2.45 bits per heavy atom. The van der Waals surface area contributed by atoms with Crippen LogP contribution < -0.4 is 5.32 Å². The Morgan fingerprint density at radius 1 is 1.14 bits per heavy atom. The Labute approximate surface area is 130 Å². The van der Waals surface area contributed by atoms with Crippen LogP contribution in [0.1, 0.15) is 23.6 Å². The van der Waals surface area contributed by atoms with E-state index in [-0.39, 0.29) is 12.5 Å². The first-order valence-electron chi connectivity index (χ1n) is 7.28. The number of nitrogens with zero attached hydrogens (tertiary/aromatic N) is 1. The second-order valence-electron chi connectivity index (χ2n) is 5.02. The Hall–Kier alpha value is -2.62. The normalized spacial score (nSPS) is 10.6. The van der Waals surface area contributed by atoms with E-state index in [1.165, 1.54) is 5.56 Å². The second-order valence-corrected chi connectivity index (χ2v) is 5.02. The maximum Gasteiger partial charge on any atom is 0.265 e. The van der Waals surface area contributed by atoms with Gasteiger partial charge in [0.2, 0.25) is 0 Å². The minimum atomic E-state index is -0.234. The standard InChI is InChI=1S/C18H20N2O2/c1-3-15-6-8-16(9-7-15)12-19-22-13-18(21)20-17-10-4-14(2)5-11-17/h4-12H,3,13H2,1-2H3,(H,20,21)/b19-12-. The SMILES string of the molecule is CCc1ccc(/C=N\OCC(=O)Nc2ccc(C)cc2)cc1. The molecule has 1 N–H and O–H groups in total. The lowest BCUT2D eigenvalue weighted by Crippen LogP contribution is -2.16. The van der Waals surface area contributed by atoms with Crippen molar-refractivity contribution in [2.75, 3.05) is 11.9 Å².